The summed E-state index contributed by atoms with van der Waals surface area (Å²) < 4.78 is 6.86. The van der Waals surface area contributed by atoms with E-state index >= 15 is 0 Å². The van der Waals surface area contributed by atoms with Gasteiger partial charge in [-0.3, -0.25) is 4.79 Å². The fraction of sp³-hybridized carbons (Fsp3) is 0.263. The number of hydrogen-bond acceptors (Lipinski definition) is 4. The highest BCUT2D eigenvalue weighted by Crippen LogP contribution is 2.16. The van der Waals surface area contributed by atoms with Gasteiger partial charge in [0, 0.05) is 18.2 Å². The second kappa shape index (κ2) is 7.27. The van der Waals surface area contributed by atoms with Crippen LogP contribution < -0.4 is 10.9 Å². The largest absolute Gasteiger partial charge is 0.468 e. The highest BCUT2D eigenvalue weighted by atomic mass is 16.3. The third-order valence-electron chi connectivity index (χ3n) is 3.96. The number of rotatable bonds is 6. The Morgan fingerprint density at radius 3 is 2.67 bits per heavy atom. The summed E-state index contributed by atoms with van der Waals surface area (Å²) in [6.07, 6.45) is 1.66. The molecule has 5 heteroatoms. The van der Waals surface area contributed by atoms with Crippen LogP contribution in [0.25, 0.3) is 11.3 Å². The number of aromatic nitrogens is 2. The van der Waals surface area contributed by atoms with Gasteiger partial charge in [0.05, 0.1) is 24.5 Å². The zero-order valence-electron chi connectivity index (χ0n) is 13.9. The van der Waals surface area contributed by atoms with Gasteiger partial charge in [-0.15, -0.1) is 0 Å². The van der Waals surface area contributed by atoms with E-state index in [9.17, 15) is 4.79 Å². The molecule has 0 aliphatic heterocycles. The topological polar surface area (TPSA) is 60.1 Å². The number of furan rings is 1. The Morgan fingerprint density at radius 1 is 1.17 bits per heavy atom. The number of nitrogens with zero attached hydrogens (tertiary/aromatic N) is 2. The zero-order chi connectivity index (χ0) is 16.9. The maximum Gasteiger partial charge on any atom is 0.266 e. The Balaban J connectivity index is 1.68. The minimum absolute atomic E-state index is 0.0935. The van der Waals surface area contributed by atoms with Gasteiger partial charge in [0.15, 0.2) is 0 Å². The van der Waals surface area contributed by atoms with Crippen molar-refractivity contribution >= 4 is 0 Å². The maximum absolute atomic E-state index is 12.0. The smallest absolute Gasteiger partial charge is 0.266 e. The maximum atomic E-state index is 12.0. The fourth-order valence-electron chi connectivity index (χ4n) is 2.51. The van der Waals surface area contributed by atoms with E-state index in [0.717, 1.165) is 17.0 Å². The van der Waals surface area contributed by atoms with E-state index in [4.69, 9.17) is 4.42 Å². The second-order valence-corrected chi connectivity index (χ2v) is 5.84. The molecule has 1 unspecified atom stereocenters. The summed E-state index contributed by atoms with van der Waals surface area (Å²) in [5.74, 6) is 0.878. The van der Waals surface area contributed by atoms with Crippen molar-refractivity contribution < 1.29 is 4.42 Å². The van der Waals surface area contributed by atoms with Gasteiger partial charge in [0.2, 0.25) is 0 Å². The molecule has 0 aliphatic rings. The van der Waals surface area contributed by atoms with Gasteiger partial charge < -0.3 is 9.73 Å². The lowest BCUT2D eigenvalue weighted by Gasteiger charge is -2.12. The van der Waals surface area contributed by atoms with Crippen LogP contribution in [0.4, 0.5) is 0 Å². The van der Waals surface area contributed by atoms with Crippen LogP contribution in [0.15, 0.2) is 64.0 Å². The lowest BCUT2D eigenvalue weighted by molar-refractivity contribution is 0.416. The standard InChI is InChI=1S/C19H21N3O2/c1-14-5-7-16(8-6-14)17-9-10-19(23)22(21-17)12-11-20-15(2)18-4-3-13-24-18/h3-10,13,15,20H,11-12H2,1-2H3. The van der Waals surface area contributed by atoms with Crippen LogP contribution in [-0.2, 0) is 6.54 Å². The van der Waals surface area contributed by atoms with Gasteiger partial charge in [-0.1, -0.05) is 29.8 Å². The lowest BCUT2D eigenvalue weighted by Crippen LogP contribution is -2.29. The summed E-state index contributed by atoms with van der Waals surface area (Å²) in [7, 11) is 0. The molecule has 0 aliphatic carbocycles. The van der Waals surface area contributed by atoms with Crippen molar-refractivity contribution in [3.63, 3.8) is 0 Å². The van der Waals surface area contributed by atoms with Crippen LogP contribution >= 0.6 is 0 Å². The Bertz CT molecular complexity index is 836. The normalized spacial score (nSPS) is 12.2. The molecule has 1 aromatic carbocycles. The summed E-state index contributed by atoms with van der Waals surface area (Å²) in [5.41, 5.74) is 2.90. The van der Waals surface area contributed by atoms with Crippen molar-refractivity contribution in [3.05, 3.63) is 76.5 Å². The monoisotopic (exact) mass is 323 g/mol. The van der Waals surface area contributed by atoms with E-state index in [2.05, 4.69) is 10.4 Å². The van der Waals surface area contributed by atoms with Crippen LogP contribution in [0.2, 0.25) is 0 Å². The van der Waals surface area contributed by atoms with Gasteiger partial charge in [0.25, 0.3) is 5.56 Å². The fourth-order valence-corrected chi connectivity index (χ4v) is 2.51. The summed E-state index contributed by atoms with van der Waals surface area (Å²) in [5, 5.41) is 7.81. The van der Waals surface area contributed by atoms with E-state index in [-0.39, 0.29) is 11.6 Å². The molecular formula is C19H21N3O2. The summed E-state index contributed by atoms with van der Waals surface area (Å²) in [6.45, 7) is 5.21. The molecule has 2 aromatic heterocycles. The van der Waals surface area contributed by atoms with Crippen molar-refractivity contribution in [2.75, 3.05) is 6.54 Å². The zero-order valence-corrected chi connectivity index (χ0v) is 13.9. The third kappa shape index (κ3) is 3.81. The summed E-state index contributed by atoms with van der Waals surface area (Å²) >= 11 is 0. The van der Waals surface area contributed by atoms with E-state index in [0.29, 0.717) is 13.1 Å². The molecule has 3 rings (SSSR count). The molecule has 0 bridgehead atoms. The Morgan fingerprint density at radius 2 is 1.96 bits per heavy atom. The number of benzene rings is 1. The van der Waals surface area contributed by atoms with Gasteiger partial charge in [-0.25, -0.2) is 4.68 Å². The SMILES string of the molecule is Cc1ccc(-c2ccc(=O)n(CCNC(C)c3ccco3)n2)cc1. The quantitative estimate of drug-likeness (QED) is 0.757. The average molecular weight is 323 g/mol. The highest BCUT2D eigenvalue weighted by Gasteiger charge is 2.08. The molecule has 0 radical (unpaired) electrons. The predicted molar refractivity (Wildman–Crippen MR) is 93.8 cm³/mol. The first-order valence-electron chi connectivity index (χ1n) is 8.05. The first-order valence-corrected chi connectivity index (χ1v) is 8.05. The van der Waals surface area contributed by atoms with Crippen LogP contribution in [0.5, 0.6) is 0 Å². The number of nitrogens with one attached hydrogen (secondary N) is 1. The Labute approximate surface area is 140 Å². The van der Waals surface area contributed by atoms with E-state index < -0.39 is 0 Å². The number of aryl methyl sites for hydroxylation is 1. The number of hydrogen-bond donors (Lipinski definition) is 1. The van der Waals surface area contributed by atoms with Crippen molar-refractivity contribution in [1.82, 2.24) is 15.1 Å². The predicted octanol–water partition coefficient (Wildman–Crippen LogP) is 3.16. The van der Waals surface area contributed by atoms with Gasteiger partial charge in [-0.2, -0.15) is 5.10 Å². The average Bonchev–Trinajstić information content (AvgIpc) is 3.12. The van der Waals surface area contributed by atoms with Crippen LogP contribution in [-0.4, -0.2) is 16.3 Å². The summed E-state index contributed by atoms with van der Waals surface area (Å²) in [4.78, 5) is 12.0. The summed E-state index contributed by atoms with van der Waals surface area (Å²) in [6, 6.07) is 15.3. The van der Waals surface area contributed by atoms with Crippen molar-refractivity contribution in [2.45, 2.75) is 26.4 Å². The van der Waals surface area contributed by atoms with Crippen molar-refractivity contribution in [2.24, 2.45) is 0 Å². The molecule has 0 amide bonds. The molecule has 0 fully saturated rings. The molecule has 2 heterocycles. The first-order chi connectivity index (χ1) is 11.6. The molecule has 0 saturated heterocycles. The molecule has 0 saturated carbocycles. The molecule has 1 N–H and O–H groups in total. The molecule has 1 atom stereocenters. The van der Waals surface area contributed by atoms with Gasteiger partial charge in [0.1, 0.15) is 5.76 Å². The highest BCUT2D eigenvalue weighted by molar-refractivity contribution is 5.58. The van der Waals surface area contributed by atoms with Gasteiger partial charge >= 0.3 is 0 Å². The van der Waals surface area contributed by atoms with Crippen LogP contribution in [0.3, 0.4) is 0 Å². The minimum atomic E-state index is -0.0988. The van der Waals surface area contributed by atoms with E-state index in [1.54, 1.807) is 18.4 Å². The third-order valence-corrected chi connectivity index (χ3v) is 3.96. The molecule has 0 spiro atoms. The van der Waals surface area contributed by atoms with Crippen LogP contribution in [0.1, 0.15) is 24.3 Å². The molecule has 124 valence electrons. The minimum Gasteiger partial charge on any atom is -0.468 e. The lowest BCUT2D eigenvalue weighted by atomic mass is 10.1. The molecule has 3 aromatic rings. The van der Waals surface area contributed by atoms with E-state index in [1.807, 2.05) is 50.2 Å². The first kappa shape index (κ1) is 16.2. The Hall–Kier alpha value is -2.66. The molecule has 24 heavy (non-hydrogen) atoms. The van der Waals surface area contributed by atoms with Gasteiger partial charge in [-0.05, 0) is 32.0 Å². The molecule has 5 nitrogen and oxygen atoms in total. The second-order valence-electron chi connectivity index (χ2n) is 5.84. The van der Waals surface area contributed by atoms with Crippen molar-refractivity contribution in [3.8, 4) is 11.3 Å². The van der Waals surface area contributed by atoms with Crippen molar-refractivity contribution in [1.29, 1.82) is 0 Å². The molecular weight excluding hydrogens is 302 g/mol. The van der Waals surface area contributed by atoms with E-state index in [1.165, 1.54) is 10.2 Å². The Kier molecular flexibility index (Phi) is 4.91. The van der Waals surface area contributed by atoms with Crippen LogP contribution in [0, 0.1) is 6.92 Å².